The molecule has 1 spiro atoms. The van der Waals surface area contributed by atoms with E-state index in [9.17, 15) is 4.91 Å². The summed E-state index contributed by atoms with van der Waals surface area (Å²) in [5, 5.41) is 3.46. The minimum atomic E-state index is -1.14. The van der Waals surface area contributed by atoms with Gasteiger partial charge in [-0.1, -0.05) is 0 Å². The summed E-state index contributed by atoms with van der Waals surface area (Å²) in [7, 11) is -1.14. The quantitative estimate of drug-likeness (QED) is 0.781. The largest absolute Gasteiger partial charge is 0.317 e. The van der Waals surface area contributed by atoms with Crippen molar-refractivity contribution in [3.8, 4) is 0 Å². The Balaban J connectivity index is 1.49. The van der Waals surface area contributed by atoms with Crippen molar-refractivity contribution < 1.29 is 0 Å². The van der Waals surface area contributed by atoms with Crippen LogP contribution < -0.4 is 5.32 Å². The maximum Gasteiger partial charge on any atom is 0.0111 e. The molecule has 3 fully saturated rings. The monoisotopic (exact) mass is 271 g/mol. The topological polar surface area (TPSA) is 44.7 Å². The molecule has 0 atom stereocenters. The lowest BCUT2D eigenvalue weighted by molar-refractivity contribution is -0.0167. The summed E-state index contributed by atoms with van der Waals surface area (Å²) >= 11 is 0. The molecule has 1 aliphatic carbocycles. The molecule has 104 valence electrons. The first-order valence-corrected chi connectivity index (χ1v) is 9.52. The maximum atomic E-state index is 10.8. The summed E-state index contributed by atoms with van der Waals surface area (Å²) in [6, 6.07) is 0.804. The number of rotatable bonds is 2. The minimum absolute atomic E-state index is 0.673. The zero-order chi connectivity index (χ0) is 12.6. The first-order chi connectivity index (χ1) is 8.65. The Kier molecular flexibility index (Phi) is 3.41. The second-order valence-electron chi connectivity index (χ2n) is 6.55. The van der Waals surface area contributed by atoms with Crippen LogP contribution in [0, 0.1) is 10.3 Å². The summed E-state index contributed by atoms with van der Waals surface area (Å²) in [6.45, 7) is 4.64. The van der Waals surface area contributed by atoms with Gasteiger partial charge < -0.3 is 5.32 Å². The summed E-state index contributed by atoms with van der Waals surface area (Å²) in [5.74, 6) is 2.06. The van der Waals surface area contributed by atoms with Gasteiger partial charge in [0.05, 0.1) is 0 Å². The van der Waals surface area contributed by atoms with Gasteiger partial charge in [0.2, 0.25) is 0 Å². The average molecular weight is 271 g/mol. The zero-order valence-electron chi connectivity index (χ0n) is 11.4. The van der Waals surface area contributed by atoms with Crippen molar-refractivity contribution in [3.05, 3.63) is 4.91 Å². The molecule has 0 aromatic carbocycles. The van der Waals surface area contributed by atoms with Crippen LogP contribution in [0.5, 0.6) is 0 Å². The SMILES string of the molecule is CS1(N=O)CCN(C2CC3(CCNCC3)C2)CC1. The fourth-order valence-corrected chi connectivity index (χ4v) is 5.45. The lowest BCUT2D eigenvalue weighted by Gasteiger charge is -2.55. The van der Waals surface area contributed by atoms with Gasteiger partial charge in [-0.15, -0.1) is 15.1 Å². The predicted molar refractivity (Wildman–Crippen MR) is 78.2 cm³/mol. The van der Waals surface area contributed by atoms with Gasteiger partial charge in [-0.25, -0.2) is 0 Å². The molecular weight excluding hydrogens is 246 g/mol. The van der Waals surface area contributed by atoms with E-state index >= 15 is 0 Å². The fraction of sp³-hybridized carbons (Fsp3) is 1.00. The Morgan fingerprint density at radius 3 is 2.39 bits per heavy atom. The number of hydrogen-bond donors (Lipinski definition) is 1. The highest BCUT2D eigenvalue weighted by molar-refractivity contribution is 8.32. The van der Waals surface area contributed by atoms with Crippen LogP contribution in [0.3, 0.4) is 0 Å². The van der Waals surface area contributed by atoms with E-state index in [0.29, 0.717) is 5.41 Å². The Morgan fingerprint density at radius 1 is 1.22 bits per heavy atom. The molecule has 5 heteroatoms. The predicted octanol–water partition coefficient (Wildman–Crippen LogP) is 1.95. The number of nitrogens with one attached hydrogen (secondary N) is 1. The van der Waals surface area contributed by atoms with Crippen molar-refractivity contribution in [2.24, 2.45) is 10.00 Å². The minimum Gasteiger partial charge on any atom is -0.317 e. The van der Waals surface area contributed by atoms with Gasteiger partial charge >= 0.3 is 0 Å². The smallest absolute Gasteiger partial charge is 0.0111 e. The number of nitroso groups, excluding NO2 is 1. The molecule has 2 saturated heterocycles. The van der Waals surface area contributed by atoms with Crippen molar-refractivity contribution in [2.75, 3.05) is 43.9 Å². The highest BCUT2D eigenvalue weighted by Gasteiger charge is 2.47. The van der Waals surface area contributed by atoms with Crippen LogP contribution in [0.2, 0.25) is 0 Å². The summed E-state index contributed by atoms with van der Waals surface area (Å²) in [4.78, 5) is 13.5. The van der Waals surface area contributed by atoms with Crippen molar-refractivity contribution in [2.45, 2.75) is 31.7 Å². The molecule has 18 heavy (non-hydrogen) atoms. The van der Waals surface area contributed by atoms with Crippen LogP contribution in [-0.4, -0.2) is 54.9 Å². The van der Waals surface area contributed by atoms with Gasteiger partial charge in [-0.05, 0) is 55.0 Å². The van der Waals surface area contributed by atoms with Crippen LogP contribution >= 0.6 is 10.2 Å². The van der Waals surface area contributed by atoms with Crippen LogP contribution in [-0.2, 0) is 0 Å². The van der Waals surface area contributed by atoms with E-state index < -0.39 is 10.2 Å². The molecule has 2 heterocycles. The first-order valence-electron chi connectivity index (χ1n) is 7.18. The zero-order valence-corrected chi connectivity index (χ0v) is 12.2. The standard InChI is InChI=1S/C13H25N3OS/c1-18(15-17)8-6-16(7-9-18)12-10-13(11-12)2-4-14-5-3-13/h12,14H,2-11H2,1H3. The van der Waals surface area contributed by atoms with E-state index in [4.69, 9.17) is 0 Å². The Labute approximate surface area is 111 Å². The maximum absolute atomic E-state index is 10.8. The highest BCUT2D eigenvalue weighted by atomic mass is 32.3. The van der Waals surface area contributed by atoms with Gasteiger partial charge in [-0.3, -0.25) is 4.90 Å². The van der Waals surface area contributed by atoms with Crippen molar-refractivity contribution in [1.82, 2.24) is 10.2 Å². The summed E-state index contributed by atoms with van der Waals surface area (Å²) < 4.78 is 3.40. The van der Waals surface area contributed by atoms with E-state index in [-0.39, 0.29) is 0 Å². The second-order valence-corrected chi connectivity index (χ2v) is 9.96. The molecule has 0 radical (unpaired) electrons. The van der Waals surface area contributed by atoms with Gasteiger partial charge in [0, 0.05) is 30.6 Å². The Morgan fingerprint density at radius 2 is 1.83 bits per heavy atom. The third kappa shape index (κ3) is 2.32. The highest BCUT2D eigenvalue weighted by Crippen LogP contribution is 2.52. The molecular formula is C13H25N3OS. The molecule has 4 nitrogen and oxygen atoms in total. The van der Waals surface area contributed by atoms with Crippen molar-refractivity contribution >= 4 is 10.2 Å². The third-order valence-corrected chi connectivity index (χ3v) is 7.82. The van der Waals surface area contributed by atoms with Gasteiger partial charge in [0.15, 0.2) is 0 Å². The lowest BCUT2D eigenvalue weighted by Crippen LogP contribution is -2.56. The molecule has 3 rings (SSSR count). The molecule has 0 aromatic heterocycles. The van der Waals surface area contributed by atoms with Crippen LogP contribution in [0.4, 0.5) is 0 Å². The van der Waals surface area contributed by atoms with Crippen LogP contribution in [0.25, 0.3) is 0 Å². The Hall–Kier alpha value is -0.130. The lowest BCUT2D eigenvalue weighted by atomic mass is 9.60. The second kappa shape index (κ2) is 4.76. The van der Waals surface area contributed by atoms with E-state index in [1.807, 2.05) is 0 Å². The molecule has 0 unspecified atom stereocenters. The molecule has 1 N–H and O–H groups in total. The molecule has 0 amide bonds. The molecule has 2 aliphatic heterocycles. The molecule has 0 bridgehead atoms. The summed E-state index contributed by atoms with van der Waals surface area (Å²) in [6.07, 6.45) is 7.63. The van der Waals surface area contributed by atoms with Gasteiger partial charge in [0.25, 0.3) is 0 Å². The number of nitrogens with zero attached hydrogens (tertiary/aromatic N) is 2. The van der Waals surface area contributed by atoms with Gasteiger partial charge in [0.1, 0.15) is 0 Å². The number of hydrogen-bond acceptors (Lipinski definition) is 4. The van der Waals surface area contributed by atoms with Crippen LogP contribution in [0.1, 0.15) is 25.7 Å². The van der Waals surface area contributed by atoms with E-state index in [1.165, 1.54) is 38.8 Å². The molecule has 0 aromatic rings. The van der Waals surface area contributed by atoms with E-state index in [2.05, 4.69) is 21.1 Å². The molecule has 1 saturated carbocycles. The van der Waals surface area contributed by atoms with E-state index in [1.54, 1.807) is 0 Å². The summed E-state index contributed by atoms with van der Waals surface area (Å²) in [5.41, 5.74) is 0.673. The van der Waals surface area contributed by atoms with Crippen molar-refractivity contribution in [1.29, 1.82) is 0 Å². The normalized spacial score (nSPS) is 33.8. The number of piperidine rings is 1. The first kappa shape index (κ1) is 12.9. The van der Waals surface area contributed by atoms with Gasteiger partial charge in [-0.2, -0.15) is 0 Å². The van der Waals surface area contributed by atoms with Crippen LogP contribution in [0.15, 0.2) is 4.58 Å². The van der Waals surface area contributed by atoms with Crippen molar-refractivity contribution in [3.63, 3.8) is 0 Å². The fourth-order valence-electron chi connectivity index (χ4n) is 3.84. The van der Waals surface area contributed by atoms with E-state index in [0.717, 1.165) is 30.6 Å². The Bertz CT molecular complexity index is 314. The third-order valence-electron chi connectivity index (χ3n) is 5.33. The average Bonchev–Trinajstić information content (AvgIpc) is 2.38. The molecule has 3 aliphatic rings.